The number of rotatable bonds is 2. The van der Waals surface area contributed by atoms with E-state index in [-0.39, 0.29) is 21.2 Å². The lowest BCUT2D eigenvalue weighted by atomic mass is 10.1. The third-order valence-electron chi connectivity index (χ3n) is 3.27. The van der Waals surface area contributed by atoms with E-state index >= 15 is 0 Å². The number of aromatic nitrogens is 1. The number of hydrogen-bond donors (Lipinski definition) is 1. The zero-order chi connectivity index (χ0) is 13.4. The molecule has 1 nitrogen and oxygen atoms in total. The molecule has 0 fully saturated rings. The smallest absolute Gasteiger partial charge is 0.317 e. The van der Waals surface area contributed by atoms with Crippen LogP contribution in [0.1, 0.15) is 16.7 Å². The average Bonchev–Trinajstić information content (AvgIpc) is 2.76. The molecule has 2 heteroatoms. The summed E-state index contributed by atoms with van der Waals surface area (Å²) >= 11 is -0.131. The number of H-pyrrole nitrogens is 1. The van der Waals surface area contributed by atoms with Crippen molar-refractivity contribution < 1.29 is 21.2 Å². The minimum atomic E-state index is -0.131. The second kappa shape index (κ2) is 5.00. The first-order valence-corrected chi connectivity index (χ1v) is 8.59. The number of hydrogen-bond acceptors (Lipinski definition) is 0. The van der Waals surface area contributed by atoms with Gasteiger partial charge in [-0.25, -0.2) is 0 Å². The lowest BCUT2D eigenvalue weighted by molar-refractivity contribution is -0.603. The average molecular weight is 362 g/mol. The van der Waals surface area contributed by atoms with Gasteiger partial charge in [-0.3, -0.25) is 0 Å². The highest BCUT2D eigenvalue weighted by Gasteiger charge is 2.23. The Morgan fingerprint density at radius 3 is 2.26 bits per heavy atom. The van der Waals surface area contributed by atoms with Crippen LogP contribution in [0, 0.1) is 28.0 Å². The van der Waals surface area contributed by atoms with Crippen LogP contribution in [-0.4, -0.2) is 4.98 Å². The van der Waals surface area contributed by atoms with Crippen molar-refractivity contribution in [3.63, 3.8) is 0 Å². The highest BCUT2D eigenvalue weighted by molar-refractivity contribution is 5.78. The van der Waals surface area contributed by atoms with Crippen LogP contribution in [0.5, 0.6) is 0 Å². The van der Waals surface area contributed by atoms with Crippen LogP contribution in [0.2, 0.25) is 0 Å². The van der Waals surface area contributed by atoms with Crippen molar-refractivity contribution in [2.45, 2.75) is 20.8 Å². The van der Waals surface area contributed by atoms with Gasteiger partial charge in [0.25, 0.3) is 3.70 Å². The largest absolute Gasteiger partial charge is 0.378 e. The first-order valence-electron chi connectivity index (χ1n) is 6.44. The fourth-order valence-electron chi connectivity index (χ4n) is 2.50. The molecular weight excluding hydrogens is 345 g/mol. The molecule has 0 bridgehead atoms. The molecule has 0 spiro atoms. The summed E-state index contributed by atoms with van der Waals surface area (Å²) in [5.41, 5.74) is 5.48. The summed E-state index contributed by atoms with van der Waals surface area (Å²) < 4.78 is 2.95. The zero-order valence-electron chi connectivity index (χ0n) is 11.4. The molecule has 0 saturated carbocycles. The van der Waals surface area contributed by atoms with Gasteiger partial charge in [0.1, 0.15) is 0 Å². The van der Waals surface area contributed by atoms with Crippen LogP contribution in [-0.2, 0) is 0 Å². The first kappa shape index (κ1) is 12.7. The summed E-state index contributed by atoms with van der Waals surface area (Å²) in [6, 6.07) is 15.4. The van der Waals surface area contributed by atoms with Gasteiger partial charge < -0.3 is 4.98 Å². The third-order valence-corrected chi connectivity index (χ3v) is 6.68. The Bertz CT molecular complexity index is 684. The molecule has 0 aliphatic heterocycles. The summed E-state index contributed by atoms with van der Waals surface area (Å²) in [6.45, 7) is 6.64. The van der Waals surface area contributed by atoms with E-state index in [1.807, 2.05) is 0 Å². The van der Waals surface area contributed by atoms with Gasteiger partial charge in [-0.05, 0) is 26.8 Å². The molecule has 0 amide bonds. The summed E-state index contributed by atoms with van der Waals surface area (Å²) in [6.07, 6.45) is 0. The lowest BCUT2D eigenvalue weighted by Gasteiger charge is -2.00. The fourth-order valence-corrected chi connectivity index (χ4v) is 5.16. The van der Waals surface area contributed by atoms with Gasteiger partial charge in [-0.1, -0.05) is 35.9 Å². The number of aryl methyl sites for hydroxylation is 3. The van der Waals surface area contributed by atoms with Crippen molar-refractivity contribution in [2.24, 2.45) is 0 Å². The van der Waals surface area contributed by atoms with Gasteiger partial charge in [0, 0.05) is 28.1 Å². The molecule has 0 saturated heterocycles. The molecular formula is C17H17IN+. The number of benzene rings is 2. The van der Waals surface area contributed by atoms with Crippen molar-refractivity contribution in [1.29, 1.82) is 0 Å². The minimum Gasteiger partial charge on any atom is -0.317 e. The number of fused-ring (bicyclic) bond motifs is 1. The topological polar surface area (TPSA) is 15.8 Å². The Morgan fingerprint density at radius 1 is 0.895 bits per heavy atom. The van der Waals surface area contributed by atoms with Crippen molar-refractivity contribution in [1.82, 2.24) is 4.98 Å². The number of para-hydroxylation sites is 1. The number of nitrogens with one attached hydrogen (secondary N) is 1. The molecule has 1 N–H and O–H groups in total. The molecule has 2 aromatic carbocycles. The Kier molecular flexibility index (Phi) is 3.35. The lowest BCUT2D eigenvalue weighted by Crippen LogP contribution is -3.62. The Balaban J connectivity index is 2.01. The van der Waals surface area contributed by atoms with E-state index in [9.17, 15) is 0 Å². The SMILES string of the molecule is Cc1cc(C)c([I+]c2cc3ccccc3[nH]2)c(C)c1. The Hall–Kier alpha value is -1.29. The second-order valence-corrected chi connectivity index (χ2v) is 7.79. The molecule has 0 aliphatic rings. The van der Waals surface area contributed by atoms with Crippen LogP contribution in [0.3, 0.4) is 0 Å². The van der Waals surface area contributed by atoms with Crippen molar-refractivity contribution in [3.8, 4) is 0 Å². The highest BCUT2D eigenvalue weighted by atomic mass is 127. The number of halogens is 1. The van der Waals surface area contributed by atoms with Gasteiger partial charge in [-0.15, -0.1) is 0 Å². The van der Waals surface area contributed by atoms with Crippen molar-refractivity contribution in [2.75, 3.05) is 0 Å². The van der Waals surface area contributed by atoms with E-state index in [0.29, 0.717) is 0 Å². The van der Waals surface area contributed by atoms with Gasteiger partial charge in [0.2, 0.25) is 3.57 Å². The van der Waals surface area contributed by atoms with Crippen molar-refractivity contribution >= 4 is 10.9 Å². The predicted octanol–water partition coefficient (Wildman–Crippen LogP) is 1.22. The molecule has 0 atom stereocenters. The van der Waals surface area contributed by atoms with E-state index in [0.717, 1.165) is 0 Å². The van der Waals surface area contributed by atoms with E-state index in [4.69, 9.17) is 0 Å². The van der Waals surface area contributed by atoms with Crippen molar-refractivity contribution in [3.05, 3.63) is 66.4 Å². The molecule has 3 aromatic rings. The predicted molar refractivity (Wildman–Crippen MR) is 76.3 cm³/mol. The van der Waals surface area contributed by atoms with E-state index in [2.05, 4.69) is 68.2 Å². The number of aromatic amines is 1. The van der Waals surface area contributed by atoms with Crippen LogP contribution in [0.15, 0.2) is 42.5 Å². The fraction of sp³-hybridized carbons (Fsp3) is 0.176. The minimum absolute atomic E-state index is 0.131. The van der Waals surface area contributed by atoms with Crippen LogP contribution >= 0.6 is 0 Å². The second-order valence-electron chi connectivity index (χ2n) is 5.01. The maximum absolute atomic E-state index is 3.56. The van der Waals surface area contributed by atoms with Crippen LogP contribution in [0.4, 0.5) is 0 Å². The van der Waals surface area contributed by atoms with E-state index in [1.165, 1.54) is 31.3 Å². The first-order chi connectivity index (χ1) is 9.13. The van der Waals surface area contributed by atoms with Gasteiger partial charge in [0.15, 0.2) is 0 Å². The molecule has 96 valence electrons. The summed E-state index contributed by atoms with van der Waals surface area (Å²) in [5.74, 6) is 0. The summed E-state index contributed by atoms with van der Waals surface area (Å²) in [7, 11) is 0. The highest BCUT2D eigenvalue weighted by Crippen LogP contribution is 2.11. The molecule has 0 aliphatic carbocycles. The monoisotopic (exact) mass is 362 g/mol. The molecule has 3 rings (SSSR count). The normalized spacial score (nSPS) is 11.1. The summed E-state index contributed by atoms with van der Waals surface area (Å²) in [4.78, 5) is 3.56. The zero-order valence-corrected chi connectivity index (χ0v) is 13.6. The molecule has 0 radical (unpaired) electrons. The summed E-state index contributed by atoms with van der Waals surface area (Å²) in [5, 5.41) is 1.32. The van der Waals surface area contributed by atoms with Crippen LogP contribution in [0.25, 0.3) is 10.9 Å². The van der Waals surface area contributed by atoms with Crippen LogP contribution < -0.4 is 21.2 Å². The van der Waals surface area contributed by atoms with E-state index < -0.39 is 0 Å². The Morgan fingerprint density at radius 2 is 1.58 bits per heavy atom. The molecule has 0 unspecified atom stereocenters. The van der Waals surface area contributed by atoms with Gasteiger partial charge >= 0.3 is 21.2 Å². The van der Waals surface area contributed by atoms with Gasteiger partial charge in [0.05, 0.1) is 0 Å². The maximum atomic E-state index is 3.56. The standard InChI is InChI=1S/C17H17IN/c1-11-8-12(2)17(13(3)9-11)18-16-10-14-6-4-5-7-15(14)19-16/h4-10,19H,1-3H3/q+1. The molecule has 1 heterocycles. The maximum Gasteiger partial charge on any atom is 0.378 e. The quantitative estimate of drug-likeness (QED) is 0.660. The van der Waals surface area contributed by atoms with Gasteiger partial charge in [-0.2, -0.15) is 0 Å². The molecule has 1 aromatic heterocycles. The van der Waals surface area contributed by atoms with E-state index in [1.54, 1.807) is 3.57 Å². The third kappa shape index (κ3) is 2.54. The molecule has 19 heavy (non-hydrogen) atoms. The Labute approximate surface area is 124 Å².